The van der Waals surface area contributed by atoms with Crippen LogP contribution in [0.3, 0.4) is 0 Å². The minimum atomic E-state index is 0.571. The highest BCUT2D eigenvalue weighted by atomic mass is 15.1. The van der Waals surface area contributed by atoms with Crippen molar-refractivity contribution in [2.75, 3.05) is 17.7 Å². The third-order valence-corrected chi connectivity index (χ3v) is 3.03. The molecule has 0 spiro atoms. The smallest absolute Gasteiger partial charge is 0.123 e. The molecule has 94 valence electrons. The van der Waals surface area contributed by atoms with Crippen molar-refractivity contribution >= 4 is 11.5 Å². The highest BCUT2D eigenvalue weighted by Gasteiger charge is 2.05. The van der Waals surface area contributed by atoms with Crippen LogP contribution in [0.1, 0.15) is 16.7 Å². The third-order valence-electron chi connectivity index (χ3n) is 3.03. The first-order valence-electron chi connectivity index (χ1n) is 6.05. The van der Waals surface area contributed by atoms with Crippen molar-refractivity contribution in [2.45, 2.75) is 20.4 Å². The van der Waals surface area contributed by atoms with E-state index in [-0.39, 0.29) is 0 Å². The molecule has 0 saturated carbocycles. The molecule has 0 aliphatic carbocycles. The van der Waals surface area contributed by atoms with E-state index in [4.69, 9.17) is 5.73 Å². The molecule has 3 heteroatoms. The molecule has 0 saturated heterocycles. The zero-order chi connectivity index (χ0) is 13.1. The number of nitrogen functional groups attached to an aromatic ring is 1. The Morgan fingerprint density at radius 1 is 1.17 bits per heavy atom. The molecule has 0 amide bonds. The van der Waals surface area contributed by atoms with E-state index in [9.17, 15) is 0 Å². The zero-order valence-corrected chi connectivity index (χ0v) is 11.1. The largest absolute Gasteiger partial charge is 0.384 e. The van der Waals surface area contributed by atoms with E-state index < -0.39 is 0 Å². The molecule has 2 aromatic rings. The van der Waals surface area contributed by atoms with Gasteiger partial charge in [-0.2, -0.15) is 0 Å². The van der Waals surface area contributed by atoms with Crippen molar-refractivity contribution < 1.29 is 0 Å². The van der Waals surface area contributed by atoms with Gasteiger partial charge in [-0.05, 0) is 43.2 Å². The molecule has 18 heavy (non-hydrogen) atoms. The fourth-order valence-corrected chi connectivity index (χ4v) is 2.19. The van der Waals surface area contributed by atoms with Crippen molar-refractivity contribution in [3.63, 3.8) is 0 Å². The molecule has 0 fully saturated rings. The Bertz CT molecular complexity index is 549. The fourth-order valence-electron chi connectivity index (χ4n) is 2.19. The van der Waals surface area contributed by atoms with Gasteiger partial charge in [0.2, 0.25) is 0 Å². The fraction of sp³-hybridized carbons (Fsp3) is 0.267. The summed E-state index contributed by atoms with van der Waals surface area (Å²) in [6.45, 7) is 5.08. The van der Waals surface area contributed by atoms with Gasteiger partial charge in [0, 0.05) is 25.5 Å². The molecule has 0 aliphatic heterocycles. The predicted molar refractivity (Wildman–Crippen MR) is 76.7 cm³/mol. The Morgan fingerprint density at radius 3 is 2.61 bits per heavy atom. The lowest BCUT2D eigenvalue weighted by Crippen LogP contribution is -2.17. The Morgan fingerprint density at radius 2 is 1.94 bits per heavy atom. The van der Waals surface area contributed by atoms with Gasteiger partial charge in [0.05, 0.1) is 0 Å². The van der Waals surface area contributed by atoms with Gasteiger partial charge in [-0.1, -0.05) is 17.7 Å². The maximum atomic E-state index is 5.69. The van der Waals surface area contributed by atoms with Gasteiger partial charge in [-0.15, -0.1) is 0 Å². The molecule has 0 aliphatic rings. The van der Waals surface area contributed by atoms with E-state index in [1.807, 2.05) is 12.1 Å². The van der Waals surface area contributed by atoms with Gasteiger partial charge >= 0.3 is 0 Å². The van der Waals surface area contributed by atoms with Crippen molar-refractivity contribution in [1.29, 1.82) is 0 Å². The number of hydrogen-bond donors (Lipinski definition) is 1. The molecule has 0 bridgehead atoms. The molecule has 0 unspecified atom stereocenters. The second-order valence-corrected chi connectivity index (χ2v) is 4.73. The second-order valence-electron chi connectivity index (χ2n) is 4.73. The summed E-state index contributed by atoms with van der Waals surface area (Å²) in [4.78, 5) is 6.23. The Balaban J connectivity index is 2.19. The van der Waals surface area contributed by atoms with Crippen LogP contribution >= 0.6 is 0 Å². The maximum Gasteiger partial charge on any atom is 0.123 e. The summed E-state index contributed by atoms with van der Waals surface area (Å²) in [7, 11) is 2.09. The first-order valence-corrected chi connectivity index (χ1v) is 6.05. The third kappa shape index (κ3) is 2.80. The van der Waals surface area contributed by atoms with Crippen LogP contribution in [0.4, 0.5) is 11.5 Å². The number of nitrogens with zero attached hydrogens (tertiary/aromatic N) is 2. The van der Waals surface area contributed by atoms with Crippen molar-refractivity contribution in [1.82, 2.24) is 4.98 Å². The number of aromatic nitrogens is 1. The normalized spacial score (nSPS) is 10.4. The van der Waals surface area contributed by atoms with Crippen molar-refractivity contribution in [3.05, 3.63) is 53.2 Å². The van der Waals surface area contributed by atoms with Gasteiger partial charge in [0.25, 0.3) is 0 Å². The summed E-state index contributed by atoms with van der Waals surface area (Å²) in [6, 6.07) is 10.4. The number of benzene rings is 1. The lowest BCUT2D eigenvalue weighted by Gasteiger charge is -2.22. The topological polar surface area (TPSA) is 42.2 Å². The first kappa shape index (κ1) is 12.4. The van der Waals surface area contributed by atoms with Crippen LogP contribution in [0.25, 0.3) is 0 Å². The lowest BCUT2D eigenvalue weighted by molar-refractivity contribution is 0.914. The number of rotatable bonds is 3. The number of hydrogen-bond acceptors (Lipinski definition) is 3. The molecule has 2 rings (SSSR count). The second kappa shape index (κ2) is 5.08. The van der Waals surface area contributed by atoms with E-state index in [1.165, 1.54) is 22.4 Å². The number of aryl methyl sites for hydroxylation is 2. The summed E-state index contributed by atoms with van der Waals surface area (Å²) in [5.74, 6) is 0.571. The Labute approximate surface area is 108 Å². The van der Waals surface area contributed by atoms with Crippen LogP contribution < -0.4 is 10.6 Å². The van der Waals surface area contributed by atoms with Gasteiger partial charge < -0.3 is 10.6 Å². The number of anilines is 2. The van der Waals surface area contributed by atoms with Gasteiger partial charge in [-0.3, -0.25) is 0 Å². The molecule has 1 heterocycles. The quantitative estimate of drug-likeness (QED) is 0.898. The average molecular weight is 241 g/mol. The van der Waals surface area contributed by atoms with Gasteiger partial charge in [-0.25, -0.2) is 4.98 Å². The number of pyridine rings is 1. The minimum absolute atomic E-state index is 0.571. The van der Waals surface area contributed by atoms with Crippen molar-refractivity contribution in [3.8, 4) is 0 Å². The monoisotopic (exact) mass is 241 g/mol. The van der Waals surface area contributed by atoms with Crippen LogP contribution in [0.15, 0.2) is 36.5 Å². The lowest BCUT2D eigenvalue weighted by atomic mass is 10.1. The Kier molecular flexibility index (Phi) is 3.51. The summed E-state index contributed by atoms with van der Waals surface area (Å²) < 4.78 is 0. The van der Waals surface area contributed by atoms with Crippen molar-refractivity contribution in [2.24, 2.45) is 0 Å². The van der Waals surface area contributed by atoms with Gasteiger partial charge in [0.15, 0.2) is 0 Å². The standard InChI is InChI=1S/C15H19N3/c1-11-4-5-14(12(2)8-11)18(3)10-13-6-7-17-15(16)9-13/h4-9H,10H2,1-3H3,(H2,16,17). The highest BCUT2D eigenvalue weighted by Crippen LogP contribution is 2.21. The van der Waals surface area contributed by atoms with E-state index in [0.717, 1.165) is 6.54 Å². The van der Waals surface area contributed by atoms with Crippen LogP contribution in [-0.2, 0) is 6.54 Å². The SMILES string of the molecule is Cc1ccc(N(C)Cc2ccnc(N)c2)c(C)c1. The number of nitrogens with two attached hydrogens (primary N) is 1. The maximum absolute atomic E-state index is 5.69. The summed E-state index contributed by atoms with van der Waals surface area (Å²) >= 11 is 0. The summed E-state index contributed by atoms with van der Waals surface area (Å²) in [6.07, 6.45) is 1.75. The minimum Gasteiger partial charge on any atom is -0.384 e. The molecule has 0 radical (unpaired) electrons. The zero-order valence-electron chi connectivity index (χ0n) is 11.1. The van der Waals surface area contributed by atoms with E-state index >= 15 is 0 Å². The van der Waals surface area contributed by atoms with E-state index in [0.29, 0.717) is 5.82 Å². The average Bonchev–Trinajstić information content (AvgIpc) is 2.28. The first-order chi connectivity index (χ1) is 8.56. The van der Waals surface area contributed by atoms with Gasteiger partial charge in [0.1, 0.15) is 5.82 Å². The Hall–Kier alpha value is -2.03. The van der Waals surface area contributed by atoms with Crippen LogP contribution in [-0.4, -0.2) is 12.0 Å². The summed E-state index contributed by atoms with van der Waals surface area (Å²) in [5, 5.41) is 0. The van der Waals surface area contributed by atoms with Crippen LogP contribution in [0.5, 0.6) is 0 Å². The van der Waals surface area contributed by atoms with Crippen LogP contribution in [0.2, 0.25) is 0 Å². The highest BCUT2D eigenvalue weighted by molar-refractivity contribution is 5.54. The molecule has 0 atom stereocenters. The molecule has 1 aromatic carbocycles. The van der Waals surface area contributed by atoms with Crippen LogP contribution in [0, 0.1) is 13.8 Å². The molecule has 2 N–H and O–H groups in total. The molecular weight excluding hydrogens is 222 g/mol. The van der Waals surface area contributed by atoms with E-state index in [2.05, 4.69) is 49.0 Å². The molecule has 1 aromatic heterocycles. The predicted octanol–water partition coefficient (Wildman–Crippen LogP) is 2.92. The molecular formula is C15H19N3. The molecule has 3 nitrogen and oxygen atoms in total. The summed E-state index contributed by atoms with van der Waals surface area (Å²) in [5.41, 5.74) is 10.7. The van der Waals surface area contributed by atoms with E-state index in [1.54, 1.807) is 6.20 Å².